The molecule has 3 N–H and O–H groups in total. The highest BCUT2D eigenvalue weighted by Gasteiger charge is 2.23. The molecule has 0 aliphatic heterocycles. The van der Waals surface area contributed by atoms with Gasteiger partial charge >= 0.3 is 0 Å². The quantitative estimate of drug-likeness (QED) is 0.0860. The van der Waals surface area contributed by atoms with Crippen molar-refractivity contribution >= 4 is 108 Å². The van der Waals surface area contributed by atoms with Crippen molar-refractivity contribution in [1.29, 1.82) is 0 Å². The van der Waals surface area contributed by atoms with Gasteiger partial charge in [-0.1, -0.05) is 42.5 Å². The van der Waals surface area contributed by atoms with Gasteiger partial charge in [0.25, 0.3) is 17.7 Å². The summed E-state index contributed by atoms with van der Waals surface area (Å²) in [4.78, 5) is 58.2. The molecular weight excluding hydrogens is 1240 g/mol. The number of pyridine rings is 2. The summed E-state index contributed by atoms with van der Waals surface area (Å²) in [6.07, 6.45) is 16.2. The first kappa shape index (κ1) is 60.5. The van der Waals surface area contributed by atoms with Crippen LogP contribution in [0.25, 0.3) is 37.7 Å². The standard InChI is InChI=1S/C22H17FN2O4S.C22H18N6O3S.C18H13N3O3S3/c1-14-2-5-18(11-19(14)23)30(27,28)17-6-3-15(4-7-17)12-25-22(26)20-10-16-8-9-24-13-21(16)29-20;1-27-13-16-10-19(6-7-20(16)26-27)32(30,31)18-4-2-15(3-5-18)11-24-21(29)17-12-25-22-23-8-9-28(22)14-17;22-17(15-9-13-5-6-19-11-16(13)26-15)21-10-12-1-3-14(4-2-12)27(23,24)18-20-7-8-25-18/h2-11,13H,12H2,1H3,(H,25,26);2-10,12-14H,11H2,1H3,(H,24,29);1-9,11H,10H2,(H,21,22). The number of hydrogen-bond donors (Lipinski definition) is 3. The summed E-state index contributed by atoms with van der Waals surface area (Å²) in [5, 5.41) is 16.8. The lowest BCUT2D eigenvalue weighted by molar-refractivity contribution is 0.0922. The molecule has 21 nitrogen and oxygen atoms in total. The van der Waals surface area contributed by atoms with Crippen LogP contribution < -0.4 is 16.0 Å². The highest BCUT2D eigenvalue weighted by Crippen LogP contribution is 2.28. The Morgan fingerprint density at radius 3 is 1.76 bits per heavy atom. The lowest BCUT2D eigenvalue weighted by Crippen LogP contribution is -2.23. The number of imidazole rings is 1. The minimum atomic E-state index is -3.83. The van der Waals surface area contributed by atoms with Crippen LogP contribution in [-0.2, 0) is 56.2 Å². The monoisotopic (exact) mass is 1290 g/mol. The maximum atomic E-state index is 13.8. The van der Waals surface area contributed by atoms with Crippen LogP contribution in [0.15, 0.2) is 234 Å². The lowest BCUT2D eigenvalue weighted by atomic mass is 10.2. The molecule has 3 amide bonds. The molecule has 0 spiro atoms. The Kier molecular flexibility index (Phi) is 17.4. The molecule has 0 unspecified atom stereocenters. The third-order valence-electron chi connectivity index (χ3n) is 13.7. The van der Waals surface area contributed by atoms with Gasteiger partial charge < -0.3 is 20.4 Å². The number of sulfone groups is 3. The molecule has 448 valence electrons. The van der Waals surface area contributed by atoms with Crippen molar-refractivity contribution in [2.75, 3.05) is 0 Å². The van der Waals surface area contributed by atoms with E-state index in [0.717, 1.165) is 54.9 Å². The zero-order valence-electron chi connectivity index (χ0n) is 46.8. The van der Waals surface area contributed by atoms with Gasteiger partial charge in [-0.15, -0.1) is 22.7 Å². The average Bonchev–Trinajstić information content (AvgIpc) is 1.63. The number of thiophene rings is 1. The molecular formula is C62H48FN11O10S5. The largest absolute Gasteiger partial charge is 0.449 e. The second-order valence-electron chi connectivity index (χ2n) is 19.7. The summed E-state index contributed by atoms with van der Waals surface area (Å²) >= 11 is 2.47. The minimum Gasteiger partial charge on any atom is -0.449 e. The molecule has 8 aromatic heterocycles. The van der Waals surface area contributed by atoms with Crippen LogP contribution in [0.1, 0.15) is 52.8 Å². The molecule has 0 fully saturated rings. The van der Waals surface area contributed by atoms with Gasteiger partial charge in [-0.05, 0) is 126 Å². The van der Waals surface area contributed by atoms with E-state index in [1.54, 1.807) is 151 Å². The summed E-state index contributed by atoms with van der Waals surface area (Å²) in [5.41, 5.74) is 4.32. The predicted octanol–water partition coefficient (Wildman–Crippen LogP) is 9.93. The summed E-state index contributed by atoms with van der Waals surface area (Å²) in [6, 6.07) is 34.7. The van der Waals surface area contributed by atoms with E-state index >= 15 is 0 Å². The van der Waals surface area contributed by atoms with Crippen LogP contribution in [0.4, 0.5) is 4.39 Å². The SMILES string of the molecule is Cc1ccc(S(=O)(=O)c2ccc(CNC(=O)c3cc4ccncc4o3)cc2)cc1F.Cn1cc2cc(S(=O)(=O)c3ccc(CNC(=O)c4cnc5nccn5c4)cc3)ccc2n1.O=C(NCc1ccc(S(=O)(=O)c2nccs2)cc1)c1cc2ccncc2s1. The number of halogens is 1. The summed E-state index contributed by atoms with van der Waals surface area (Å²) < 4.78 is 99.8. The fraction of sp³-hybridized carbons (Fsp3) is 0.0806. The summed E-state index contributed by atoms with van der Waals surface area (Å²) in [5.74, 6) is -0.736. The van der Waals surface area contributed by atoms with Gasteiger partial charge in [0.05, 0.1) is 51.3 Å². The number of aromatic nitrogens is 8. The third kappa shape index (κ3) is 13.7. The van der Waals surface area contributed by atoms with Gasteiger partial charge in [-0.3, -0.25) is 33.4 Å². The van der Waals surface area contributed by atoms with E-state index in [4.69, 9.17) is 4.42 Å². The molecule has 27 heteroatoms. The summed E-state index contributed by atoms with van der Waals surface area (Å²) in [6.45, 7) is 2.32. The number of rotatable bonds is 15. The smallest absolute Gasteiger partial charge is 0.287 e. The van der Waals surface area contributed by atoms with Crippen LogP contribution >= 0.6 is 22.7 Å². The maximum absolute atomic E-state index is 13.8. The Morgan fingerprint density at radius 1 is 0.562 bits per heavy atom. The molecule has 8 heterocycles. The molecule has 0 saturated heterocycles. The number of amides is 3. The zero-order chi connectivity index (χ0) is 62.5. The van der Waals surface area contributed by atoms with Gasteiger partial charge in [0.15, 0.2) is 11.3 Å². The topological polar surface area (TPSA) is 290 Å². The van der Waals surface area contributed by atoms with Crippen LogP contribution in [-0.4, -0.2) is 82.1 Å². The van der Waals surface area contributed by atoms with Crippen molar-refractivity contribution < 1.29 is 48.4 Å². The van der Waals surface area contributed by atoms with E-state index < -0.39 is 41.2 Å². The fourth-order valence-corrected chi connectivity index (χ4v) is 14.6. The highest BCUT2D eigenvalue weighted by molar-refractivity contribution is 7.93. The molecule has 0 atom stereocenters. The molecule has 5 aromatic carbocycles. The molecule has 13 rings (SSSR count). The maximum Gasteiger partial charge on any atom is 0.287 e. The molecule has 13 aromatic rings. The number of nitrogens with zero attached hydrogens (tertiary/aromatic N) is 8. The molecule has 89 heavy (non-hydrogen) atoms. The van der Waals surface area contributed by atoms with Crippen molar-refractivity contribution in [1.82, 2.24) is 55.1 Å². The molecule has 0 saturated carbocycles. The van der Waals surface area contributed by atoms with Crippen LogP contribution in [0.3, 0.4) is 0 Å². The Hall–Kier alpha value is -10.2. The Bertz CT molecular complexity index is 5070. The van der Waals surface area contributed by atoms with E-state index in [1.165, 1.54) is 66.3 Å². The van der Waals surface area contributed by atoms with Crippen molar-refractivity contribution in [3.8, 4) is 0 Å². The van der Waals surface area contributed by atoms with Crippen LogP contribution in [0.2, 0.25) is 0 Å². The summed E-state index contributed by atoms with van der Waals surface area (Å²) in [7, 11) is -9.30. The number of nitrogens with one attached hydrogen (secondary N) is 3. The van der Waals surface area contributed by atoms with Gasteiger partial charge in [0.1, 0.15) is 5.82 Å². The Balaban J connectivity index is 0.000000138. The first-order valence-corrected chi connectivity index (χ1v) is 32.8. The van der Waals surface area contributed by atoms with Crippen LogP contribution in [0.5, 0.6) is 0 Å². The number of carbonyl (C=O) groups excluding carboxylic acids is 3. The zero-order valence-corrected chi connectivity index (χ0v) is 50.8. The second kappa shape index (κ2) is 25.6. The number of carbonyl (C=O) groups is 3. The number of hydrogen-bond acceptors (Lipinski definition) is 18. The molecule has 0 radical (unpaired) electrons. The van der Waals surface area contributed by atoms with Gasteiger partial charge in [0.2, 0.25) is 39.6 Å². The number of benzene rings is 5. The van der Waals surface area contributed by atoms with Crippen LogP contribution in [0, 0.1) is 12.7 Å². The van der Waals surface area contributed by atoms with Gasteiger partial charge in [-0.2, -0.15) is 5.10 Å². The van der Waals surface area contributed by atoms with E-state index in [2.05, 4.69) is 46.0 Å². The van der Waals surface area contributed by atoms with Crippen molar-refractivity contribution in [3.63, 3.8) is 0 Å². The predicted molar refractivity (Wildman–Crippen MR) is 330 cm³/mol. The highest BCUT2D eigenvalue weighted by atomic mass is 32.2. The number of thiazole rings is 1. The van der Waals surface area contributed by atoms with Crippen molar-refractivity contribution in [3.05, 3.63) is 245 Å². The van der Waals surface area contributed by atoms with E-state index in [1.807, 2.05) is 12.1 Å². The van der Waals surface area contributed by atoms with Gasteiger partial charge in [0, 0.05) is 98.6 Å². The number of aryl methyl sites for hydroxylation is 2. The molecule has 0 bridgehead atoms. The lowest BCUT2D eigenvalue weighted by Gasteiger charge is -2.08. The minimum absolute atomic E-state index is 0.0469. The van der Waals surface area contributed by atoms with Crippen molar-refractivity contribution in [2.45, 2.75) is 55.4 Å². The van der Waals surface area contributed by atoms with Gasteiger partial charge in [-0.25, -0.2) is 44.6 Å². The normalized spacial score (nSPS) is 11.6. The molecule has 0 aliphatic rings. The Morgan fingerprint density at radius 2 is 1.15 bits per heavy atom. The number of furan rings is 1. The fourth-order valence-electron chi connectivity index (χ4n) is 8.86. The number of fused-ring (bicyclic) bond motifs is 4. The van der Waals surface area contributed by atoms with E-state index in [-0.39, 0.29) is 59.5 Å². The first-order chi connectivity index (χ1) is 42.8. The van der Waals surface area contributed by atoms with Crippen molar-refractivity contribution in [2.24, 2.45) is 7.05 Å². The van der Waals surface area contributed by atoms with E-state index in [9.17, 15) is 44.0 Å². The van der Waals surface area contributed by atoms with E-state index in [0.29, 0.717) is 39.5 Å². The third-order valence-corrected chi connectivity index (χ3v) is 21.2. The Labute approximate surface area is 515 Å². The molecule has 0 aliphatic carbocycles. The average molecular weight is 1290 g/mol. The first-order valence-electron chi connectivity index (χ1n) is 26.7. The second-order valence-corrected chi connectivity index (χ2v) is 27.7.